The zero-order chi connectivity index (χ0) is 20.8. The first kappa shape index (κ1) is 20.3. The molecule has 0 saturated carbocycles. The summed E-state index contributed by atoms with van der Waals surface area (Å²) in [5, 5.41) is 13.2. The number of hydrogen-bond donors (Lipinski definition) is 3. The van der Waals surface area contributed by atoms with Gasteiger partial charge in [0.25, 0.3) is 5.56 Å². The summed E-state index contributed by atoms with van der Waals surface area (Å²) in [7, 11) is 0. The van der Waals surface area contributed by atoms with Crippen molar-refractivity contribution in [2.24, 2.45) is 4.99 Å². The van der Waals surface area contributed by atoms with Crippen LogP contribution in [0.4, 0.5) is 11.4 Å². The van der Waals surface area contributed by atoms with Crippen LogP contribution in [0.5, 0.6) is 5.88 Å². The Bertz CT molecular complexity index is 1080. The van der Waals surface area contributed by atoms with Crippen molar-refractivity contribution >= 4 is 23.5 Å². The number of carbonyl (C=O) groups is 1. The maximum Gasteiger partial charge on any atom is 0.331 e. The third kappa shape index (κ3) is 5.10. The number of nitrogens with one attached hydrogen (secondary N) is 2. The summed E-state index contributed by atoms with van der Waals surface area (Å²) in [4.78, 5) is 42.2. The molecule has 0 spiro atoms. The van der Waals surface area contributed by atoms with Crippen LogP contribution in [0.25, 0.3) is 0 Å². The summed E-state index contributed by atoms with van der Waals surface area (Å²) in [5.74, 6) is -0.671. The van der Waals surface area contributed by atoms with Crippen molar-refractivity contribution in [2.45, 2.75) is 45.6 Å². The van der Waals surface area contributed by atoms with Crippen LogP contribution >= 0.6 is 0 Å². The van der Waals surface area contributed by atoms with Crippen LogP contribution in [-0.2, 0) is 11.3 Å². The van der Waals surface area contributed by atoms with E-state index in [1.165, 1.54) is 25.1 Å². The third-order valence-electron chi connectivity index (χ3n) is 4.80. The Kier molecular flexibility index (Phi) is 6.43. The molecule has 0 aliphatic heterocycles. The summed E-state index contributed by atoms with van der Waals surface area (Å²) in [6, 6.07) is 6.82. The SMILES string of the molecule is CC(=O)Nc1ccccc1N=Cc1c(O)n(CCC2=CCCCC2)c(=O)[nH]c1=O. The molecule has 8 heteroatoms. The molecule has 0 atom stereocenters. The second-order valence-corrected chi connectivity index (χ2v) is 6.96. The number of rotatable bonds is 6. The van der Waals surface area contributed by atoms with Gasteiger partial charge < -0.3 is 10.4 Å². The van der Waals surface area contributed by atoms with E-state index in [0.29, 0.717) is 17.8 Å². The van der Waals surface area contributed by atoms with Crippen LogP contribution in [0.3, 0.4) is 0 Å². The summed E-state index contributed by atoms with van der Waals surface area (Å²) < 4.78 is 1.15. The minimum atomic E-state index is -0.721. The van der Waals surface area contributed by atoms with Gasteiger partial charge in [0.1, 0.15) is 5.56 Å². The molecule has 2 aromatic rings. The molecule has 8 nitrogen and oxygen atoms in total. The Morgan fingerprint density at radius 2 is 2.10 bits per heavy atom. The molecule has 1 aliphatic rings. The highest BCUT2D eigenvalue weighted by molar-refractivity contribution is 5.93. The number of para-hydroxylation sites is 2. The van der Waals surface area contributed by atoms with E-state index in [0.717, 1.165) is 23.8 Å². The molecule has 1 aliphatic carbocycles. The maximum atomic E-state index is 12.2. The van der Waals surface area contributed by atoms with E-state index in [-0.39, 0.29) is 18.0 Å². The lowest BCUT2D eigenvalue weighted by molar-refractivity contribution is -0.114. The average molecular weight is 396 g/mol. The fourth-order valence-corrected chi connectivity index (χ4v) is 3.30. The Morgan fingerprint density at radius 3 is 2.83 bits per heavy atom. The van der Waals surface area contributed by atoms with Gasteiger partial charge in [-0.05, 0) is 44.2 Å². The van der Waals surface area contributed by atoms with Gasteiger partial charge in [-0.3, -0.25) is 24.1 Å². The van der Waals surface area contributed by atoms with Crippen LogP contribution in [-0.4, -0.2) is 26.8 Å². The molecule has 1 heterocycles. The number of aromatic amines is 1. The smallest absolute Gasteiger partial charge is 0.331 e. The zero-order valence-electron chi connectivity index (χ0n) is 16.3. The van der Waals surface area contributed by atoms with Gasteiger partial charge in [0, 0.05) is 19.7 Å². The molecule has 0 saturated heterocycles. The number of benzene rings is 1. The van der Waals surface area contributed by atoms with E-state index in [1.807, 2.05) is 0 Å². The highest BCUT2D eigenvalue weighted by Gasteiger charge is 2.14. The summed E-state index contributed by atoms with van der Waals surface area (Å²) in [6.45, 7) is 1.66. The van der Waals surface area contributed by atoms with Crippen molar-refractivity contribution in [1.29, 1.82) is 0 Å². The fourth-order valence-electron chi connectivity index (χ4n) is 3.30. The first-order chi connectivity index (χ1) is 14.0. The molecule has 1 amide bonds. The standard InChI is InChI=1S/C21H24N4O4/c1-14(26)23-18-10-6-5-9-17(18)22-13-16-19(27)24-21(29)25(20(16)28)12-11-15-7-3-2-4-8-15/h5-7,9-10,13,28H,2-4,8,11-12H2,1H3,(H,23,26)(H,24,27,29). The lowest BCUT2D eigenvalue weighted by Gasteiger charge is -2.14. The van der Waals surface area contributed by atoms with E-state index in [2.05, 4.69) is 21.4 Å². The number of hydrogen-bond acceptors (Lipinski definition) is 5. The summed E-state index contributed by atoms with van der Waals surface area (Å²) in [5.41, 5.74) is 0.672. The maximum absolute atomic E-state index is 12.2. The second-order valence-electron chi connectivity index (χ2n) is 6.96. The number of H-pyrrole nitrogens is 1. The Balaban J connectivity index is 1.89. The van der Waals surface area contributed by atoms with E-state index >= 15 is 0 Å². The molecule has 152 valence electrons. The van der Waals surface area contributed by atoms with Gasteiger partial charge in [-0.25, -0.2) is 4.79 Å². The molecule has 0 radical (unpaired) electrons. The Labute approximate surface area is 167 Å². The largest absolute Gasteiger partial charge is 0.494 e. The molecular formula is C21H24N4O4. The van der Waals surface area contributed by atoms with Gasteiger partial charge in [-0.2, -0.15) is 0 Å². The van der Waals surface area contributed by atoms with Crippen LogP contribution in [0, 0.1) is 0 Å². The van der Waals surface area contributed by atoms with Gasteiger partial charge in [-0.15, -0.1) is 0 Å². The van der Waals surface area contributed by atoms with Gasteiger partial charge in [0.15, 0.2) is 0 Å². The van der Waals surface area contributed by atoms with Crippen LogP contribution < -0.4 is 16.6 Å². The van der Waals surface area contributed by atoms with E-state index < -0.39 is 17.1 Å². The lowest BCUT2D eigenvalue weighted by atomic mass is 9.97. The Morgan fingerprint density at radius 1 is 1.31 bits per heavy atom. The first-order valence-electron chi connectivity index (χ1n) is 9.60. The van der Waals surface area contributed by atoms with Crippen LogP contribution in [0.1, 0.15) is 44.6 Å². The Hall–Kier alpha value is -3.42. The molecular weight excluding hydrogens is 372 g/mol. The number of carbonyl (C=O) groups excluding carboxylic acids is 1. The highest BCUT2D eigenvalue weighted by Crippen LogP contribution is 2.25. The molecule has 29 heavy (non-hydrogen) atoms. The quantitative estimate of drug-likeness (QED) is 0.514. The van der Waals surface area contributed by atoms with Crippen molar-refractivity contribution in [2.75, 3.05) is 5.32 Å². The van der Waals surface area contributed by atoms with Crippen LogP contribution in [0.15, 0.2) is 50.5 Å². The number of aromatic nitrogens is 2. The number of aromatic hydroxyl groups is 1. The predicted molar refractivity (Wildman–Crippen MR) is 112 cm³/mol. The molecule has 3 N–H and O–H groups in total. The minimum Gasteiger partial charge on any atom is -0.494 e. The number of aliphatic imine (C=N–C) groups is 1. The molecule has 0 fully saturated rings. The predicted octanol–water partition coefficient (Wildman–Crippen LogP) is 2.84. The van der Waals surface area contributed by atoms with E-state index in [9.17, 15) is 19.5 Å². The van der Waals surface area contributed by atoms with E-state index in [1.54, 1.807) is 24.3 Å². The van der Waals surface area contributed by atoms with E-state index in [4.69, 9.17) is 0 Å². The minimum absolute atomic E-state index is 0.111. The number of anilines is 1. The van der Waals surface area contributed by atoms with Gasteiger partial charge >= 0.3 is 5.69 Å². The van der Waals surface area contributed by atoms with Crippen molar-refractivity contribution < 1.29 is 9.90 Å². The van der Waals surface area contributed by atoms with Gasteiger partial charge in [0.2, 0.25) is 11.8 Å². The highest BCUT2D eigenvalue weighted by atomic mass is 16.3. The average Bonchev–Trinajstić information content (AvgIpc) is 2.69. The second kappa shape index (κ2) is 9.18. The number of allylic oxidation sites excluding steroid dienone is 2. The zero-order valence-corrected chi connectivity index (χ0v) is 16.3. The van der Waals surface area contributed by atoms with Gasteiger partial charge in [-0.1, -0.05) is 23.8 Å². The van der Waals surface area contributed by atoms with Crippen LogP contribution in [0.2, 0.25) is 0 Å². The fraction of sp³-hybridized carbons (Fsp3) is 0.333. The van der Waals surface area contributed by atoms with Gasteiger partial charge in [0.05, 0.1) is 11.4 Å². The first-order valence-corrected chi connectivity index (χ1v) is 9.60. The summed E-state index contributed by atoms with van der Waals surface area (Å²) in [6.07, 6.45) is 8.35. The number of amides is 1. The lowest BCUT2D eigenvalue weighted by Crippen LogP contribution is -2.32. The monoisotopic (exact) mass is 396 g/mol. The molecule has 1 aromatic heterocycles. The van der Waals surface area contributed by atoms with Crippen molar-refractivity contribution in [3.05, 3.63) is 62.3 Å². The van der Waals surface area contributed by atoms with Crippen molar-refractivity contribution in [1.82, 2.24) is 9.55 Å². The third-order valence-corrected chi connectivity index (χ3v) is 4.80. The normalized spacial score (nSPS) is 14.0. The molecule has 3 rings (SSSR count). The summed E-state index contributed by atoms with van der Waals surface area (Å²) >= 11 is 0. The topological polar surface area (TPSA) is 117 Å². The number of nitrogens with zero attached hydrogens (tertiary/aromatic N) is 2. The molecule has 0 bridgehead atoms. The molecule has 0 unspecified atom stereocenters. The van der Waals surface area contributed by atoms with Crippen molar-refractivity contribution in [3.63, 3.8) is 0 Å². The van der Waals surface area contributed by atoms with Crippen molar-refractivity contribution in [3.8, 4) is 5.88 Å². The molecule has 1 aromatic carbocycles.